The number of benzene rings is 1. The average molecular weight is 312 g/mol. The van der Waals surface area contributed by atoms with Gasteiger partial charge in [0.05, 0.1) is 6.20 Å². The molecule has 0 saturated carbocycles. The largest absolute Gasteiger partial charge is 0.492 e. The number of hydrogen-bond acceptors (Lipinski definition) is 4. The van der Waals surface area contributed by atoms with Crippen LogP contribution in [0.2, 0.25) is 0 Å². The maximum Gasteiger partial charge on any atom is 0.145 e. The highest BCUT2D eigenvalue weighted by Crippen LogP contribution is 2.39. The molecule has 0 radical (unpaired) electrons. The Balaban J connectivity index is 1.81. The van der Waals surface area contributed by atoms with Crippen LogP contribution in [-0.2, 0) is 6.61 Å². The number of fused-ring (bicyclic) bond motifs is 3. The second-order valence-electron chi connectivity index (χ2n) is 6.64. The molecule has 0 unspecified atom stereocenters. The van der Waals surface area contributed by atoms with Gasteiger partial charge >= 0.3 is 0 Å². The Hall–Kier alpha value is -2.07. The molecule has 0 amide bonds. The van der Waals surface area contributed by atoms with Crippen LogP contribution < -0.4 is 15.2 Å². The molecule has 2 heterocycles. The van der Waals surface area contributed by atoms with Crippen LogP contribution in [0.1, 0.15) is 31.4 Å². The molecule has 0 bridgehead atoms. The minimum absolute atomic E-state index is 0.0634. The van der Waals surface area contributed by atoms with Gasteiger partial charge in [-0.3, -0.25) is 4.98 Å². The van der Waals surface area contributed by atoms with Crippen LogP contribution in [0.5, 0.6) is 11.5 Å². The Bertz CT molecular complexity index is 698. The lowest BCUT2D eigenvalue weighted by molar-refractivity contribution is 0.267. The van der Waals surface area contributed by atoms with Gasteiger partial charge in [-0.2, -0.15) is 0 Å². The molecule has 1 aliphatic heterocycles. The highest BCUT2D eigenvalue weighted by molar-refractivity contribution is 5.76. The minimum Gasteiger partial charge on any atom is -0.492 e. The summed E-state index contributed by atoms with van der Waals surface area (Å²) in [6, 6.07) is 6.30. The summed E-state index contributed by atoms with van der Waals surface area (Å²) in [5, 5.41) is 0. The summed E-state index contributed by atoms with van der Waals surface area (Å²) in [5.41, 5.74) is 10.7. The lowest BCUT2D eigenvalue weighted by Crippen LogP contribution is -2.29. The van der Waals surface area contributed by atoms with Crippen molar-refractivity contribution in [1.82, 2.24) is 4.98 Å². The van der Waals surface area contributed by atoms with Gasteiger partial charge in [-0.25, -0.2) is 0 Å². The van der Waals surface area contributed by atoms with Crippen LogP contribution in [-0.4, -0.2) is 17.6 Å². The number of pyridine rings is 1. The molecule has 1 aromatic heterocycles. The van der Waals surface area contributed by atoms with Gasteiger partial charge in [0, 0.05) is 23.4 Å². The molecule has 0 spiro atoms. The molecule has 1 aromatic carbocycles. The zero-order chi connectivity index (χ0) is 16.4. The van der Waals surface area contributed by atoms with Crippen LogP contribution in [0, 0.1) is 12.8 Å². The molecule has 2 aromatic rings. The zero-order valence-electron chi connectivity index (χ0n) is 14.0. The lowest BCUT2D eigenvalue weighted by atomic mass is 9.95. The van der Waals surface area contributed by atoms with E-state index in [0.717, 1.165) is 34.6 Å². The summed E-state index contributed by atoms with van der Waals surface area (Å²) in [4.78, 5) is 4.12. The highest BCUT2D eigenvalue weighted by Gasteiger charge is 2.19. The maximum absolute atomic E-state index is 6.12. The minimum atomic E-state index is 0.0634. The smallest absolute Gasteiger partial charge is 0.145 e. The topological polar surface area (TPSA) is 57.4 Å². The molecule has 1 aliphatic rings. The Morgan fingerprint density at radius 3 is 2.91 bits per heavy atom. The van der Waals surface area contributed by atoms with E-state index < -0.39 is 0 Å². The van der Waals surface area contributed by atoms with Crippen molar-refractivity contribution in [2.45, 2.75) is 39.8 Å². The Labute approximate surface area is 137 Å². The molecule has 122 valence electrons. The van der Waals surface area contributed by atoms with Crippen molar-refractivity contribution in [2.75, 3.05) is 6.61 Å². The Morgan fingerprint density at radius 2 is 2.13 bits per heavy atom. The summed E-state index contributed by atoms with van der Waals surface area (Å²) in [5.74, 6) is 2.31. The molecular formula is C19H24N2O2. The van der Waals surface area contributed by atoms with Crippen molar-refractivity contribution >= 4 is 0 Å². The first-order chi connectivity index (χ1) is 11.0. The predicted octanol–water partition coefficient (Wildman–Crippen LogP) is 3.70. The van der Waals surface area contributed by atoms with Crippen LogP contribution in [0.15, 0.2) is 30.6 Å². The molecule has 4 nitrogen and oxygen atoms in total. The SMILES string of the molecule is Cc1cc2c(cc1OC[C@@H](N)CC(C)C)COc1cnccc1-2. The van der Waals surface area contributed by atoms with Crippen LogP contribution in [0.4, 0.5) is 0 Å². The number of aryl methyl sites for hydroxylation is 1. The fourth-order valence-electron chi connectivity index (χ4n) is 3.00. The summed E-state index contributed by atoms with van der Waals surface area (Å²) < 4.78 is 11.7. The Morgan fingerprint density at radius 1 is 1.30 bits per heavy atom. The molecule has 23 heavy (non-hydrogen) atoms. The van der Waals surface area contributed by atoms with E-state index >= 15 is 0 Å². The standard InChI is InChI=1S/C19H24N2O2/c1-12(2)6-15(20)11-23-18-8-14-10-22-19-9-21-5-4-16(19)17(14)7-13(18)3/h4-5,7-9,12,15H,6,10-11,20H2,1-3H3/t15-/m0/s1. The third kappa shape index (κ3) is 3.48. The monoisotopic (exact) mass is 312 g/mol. The first-order valence-electron chi connectivity index (χ1n) is 8.13. The molecule has 4 heteroatoms. The summed E-state index contributed by atoms with van der Waals surface area (Å²) in [6.07, 6.45) is 4.53. The summed E-state index contributed by atoms with van der Waals surface area (Å²) >= 11 is 0. The summed E-state index contributed by atoms with van der Waals surface area (Å²) in [6.45, 7) is 7.50. The first kappa shape index (κ1) is 15.8. The number of aromatic nitrogens is 1. The quantitative estimate of drug-likeness (QED) is 0.914. The third-order valence-electron chi connectivity index (χ3n) is 4.09. The van der Waals surface area contributed by atoms with Crippen molar-refractivity contribution < 1.29 is 9.47 Å². The van der Waals surface area contributed by atoms with Gasteiger partial charge in [0.25, 0.3) is 0 Å². The van der Waals surface area contributed by atoms with Gasteiger partial charge in [0.15, 0.2) is 0 Å². The van der Waals surface area contributed by atoms with E-state index in [2.05, 4.69) is 37.9 Å². The van der Waals surface area contributed by atoms with Crippen molar-refractivity contribution in [3.05, 3.63) is 41.7 Å². The first-order valence-corrected chi connectivity index (χ1v) is 8.13. The van der Waals surface area contributed by atoms with Crippen molar-refractivity contribution in [1.29, 1.82) is 0 Å². The number of ether oxygens (including phenoxy) is 2. The van der Waals surface area contributed by atoms with Gasteiger partial charge in [-0.05, 0) is 48.6 Å². The van der Waals surface area contributed by atoms with E-state index in [1.54, 1.807) is 12.4 Å². The number of hydrogen-bond donors (Lipinski definition) is 1. The van der Waals surface area contributed by atoms with Crippen LogP contribution in [0.25, 0.3) is 11.1 Å². The Kier molecular flexibility index (Phi) is 4.53. The highest BCUT2D eigenvalue weighted by atomic mass is 16.5. The summed E-state index contributed by atoms with van der Waals surface area (Å²) in [7, 11) is 0. The zero-order valence-corrected chi connectivity index (χ0v) is 14.0. The second kappa shape index (κ2) is 6.59. The fourth-order valence-corrected chi connectivity index (χ4v) is 3.00. The van der Waals surface area contributed by atoms with Gasteiger partial charge in [-0.1, -0.05) is 13.8 Å². The second-order valence-corrected chi connectivity index (χ2v) is 6.64. The number of nitrogens with zero attached hydrogens (tertiary/aromatic N) is 1. The number of nitrogens with two attached hydrogens (primary N) is 1. The van der Waals surface area contributed by atoms with E-state index in [4.69, 9.17) is 15.2 Å². The molecular weight excluding hydrogens is 288 g/mol. The van der Waals surface area contributed by atoms with Gasteiger partial charge in [0.1, 0.15) is 24.7 Å². The van der Waals surface area contributed by atoms with E-state index in [-0.39, 0.29) is 6.04 Å². The lowest BCUT2D eigenvalue weighted by Gasteiger charge is -2.23. The van der Waals surface area contributed by atoms with E-state index in [1.165, 1.54) is 5.56 Å². The molecule has 2 N–H and O–H groups in total. The maximum atomic E-state index is 6.12. The van der Waals surface area contributed by atoms with Crippen LogP contribution in [0.3, 0.4) is 0 Å². The molecule has 0 fully saturated rings. The third-order valence-corrected chi connectivity index (χ3v) is 4.09. The van der Waals surface area contributed by atoms with Crippen molar-refractivity contribution in [3.63, 3.8) is 0 Å². The molecule has 1 atom stereocenters. The molecule has 3 rings (SSSR count). The van der Waals surface area contributed by atoms with E-state index in [1.807, 2.05) is 6.07 Å². The molecule has 0 aliphatic carbocycles. The predicted molar refractivity (Wildman–Crippen MR) is 91.7 cm³/mol. The van der Waals surface area contributed by atoms with E-state index in [9.17, 15) is 0 Å². The van der Waals surface area contributed by atoms with Gasteiger partial charge in [-0.15, -0.1) is 0 Å². The van der Waals surface area contributed by atoms with E-state index in [0.29, 0.717) is 19.1 Å². The fraction of sp³-hybridized carbons (Fsp3) is 0.421. The van der Waals surface area contributed by atoms with Crippen LogP contribution >= 0.6 is 0 Å². The number of rotatable bonds is 5. The average Bonchev–Trinajstić information content (AvgIpc) is 2.52. The van der Waals surface area contributed by atoms with Crippen molar-refractivity contribution in [3.8, 4) is 22.6 Å². The van der Waals surface area contributed by atoms with Gasteiger partial charge < -0.3 is 15.2 Å². The van der Waals surface area contributed by atoms with Gasteiger partial charge in [0.2, 0.25) is 0 Å². The normalized spacial score (nSPS) is 14.0. The van der Waals surface area contributed by atoms with Crippen molar-refractivity contribution in [2.24, 2.45) is 11.7 Å². The molecule has 0 saturated heterocycles.